The van der Waals surface area contributed by atoms with Crippen LogP contribution in [0, 0.1) is 80.4 Å². The van der Waals surface area contributed by atoms with Crippen LogP contribution in [-0.2, 0) is 33.0 Å². The fourth-order valence-corrected chi connectivity index (χ4v) is 24.8. The van der Waals surface area contributed by atoms with Gasteiger partial charge in [-0.3, -0.25) is 9.59 Å². The summed E-state index contributed by atoms with van der Waals surface area (Å²) in [6.45, 7) is 15.0. The number of unbranched alkanes of at least 4 members (excludes halogenated alkanes) is 32. The van der Waals surface area contributed by atoms with Crippen molar-refractivity contribution in [1.82, 2.24) is 24.1 Å². The maximum absolute atomic E-state index is 15.5. The number of halogens is 4. The number of rotatable bonds is 50. The molecule has 0 radical (unpaired) electrons. The van der Waals surface area contributed by atoms with Crippen LogP contribution in [0.1, 0.15) is 364 Å². The molecule has 0 saturated heterocycles. The fourth-order valence-electron chi connectivity index (χ4n) is 18.8. The molecule has 0 N–H and O–H groups in total. The van der Waals surface area contributed by atoms with E-state index < -0.39 is 34.8 Å². The molecule has 2 aliphatic carbocycles. The van der Waals surface area contributed by atoms with Gasteiger partial charge in [0.2, 0.25) is 0 Å². The molecule has 0 aliphatic heterocycles. The van der Waals surface area contributed by atoms with E-state index in [9.17, 15) is 21.0 Å². The molecule has 0 amide bonds. The lowest BCUT2D eigenvalue weighted by atomic mass is 9.93. The third-order valence-corrected chi connectivity index (χ3v) is 30.3. The number of aromatic nitrogens is 5. The number of nitriles is 4. The Bertz CT molecular complexity index is 5190. The molecule has 0 saturated carbocycles. The first-order chi connectivity index (χ1) is 57.6. The number of carbonyl (C=O) groups excluding carboxylic acids is 2. The quantitative estimate of drug-likeness (QED) is 0.0157. The van der Waals surface area contributed by atoms with Gasteiger partial charge in [-0.15, -0.1) is 45.3 Å². The second kappa shape index (κ2) is 43.5. The molecule has 2 unspecified atom stereocenters. The smallest absolute Gasteiger partial charge is 0.194 e. The van der Waals surface area contributed by atoms with Gasteiger partial charge in [0.1, 0.15) is 46.5 Å². The molecular weight excluding hydrogens is 1550 g/mol. The lowest BCUT2D eigenvalue weighted by Gasteiger charge is -2.22. The van der Waals surface area contributed by atoms with Gasteiger partial charge in [-0.25, -0.2) is 17.6 Å². The standard InChI is InChI=1S/C99H121F4N9O2S4/c1-8-14-20-26-30-32-34-38-44-50-68-80(56-74-82(66(58-104)59-105)70-52-76(100)78(102)54-72(70)92(74)113)115-98-90-96(117-94(68)98)84-86-87(109-110(7)108-86)85-89(88(84)111(90)62-64(46-40-24-18-12-5)48-42-36-28-22-16-10-3)112(63-65(47-41-25-19-13-6)49-43-37-29-23-17-11-4)91-97(85)118-95-69(51-45-39-35-33-31-27-21-15-9-2)81(116-99(91)95)57-75-83(67(60-106)61-107)71-53-77(101)79(103)55-73(71)93(75)114/h52-57,64-65H,8-51,62-63H2,1-7H3. The van der Waals surface area contributed by atoms with E-state index in [1.54, 1.807) is 50.1 Å². The normalized spacial score (nSPS) is 14.2. The van der Waals surface area contributed by atoms with Gasteiger partial charge >= 0.3 is 0 Å². The highest BCUT2D eigenvalue weighted by molar-refractivity contribution is 7.34. The molecule has 626 valence electrons. The Morgan fingerprint density at radius 3 is 0.958 bits per heavy atom. The van der Waals surface area contributed by atoms with Crippen LogP contribution in [0.3, 0.4) is 0 Å². The molecule has 11 nitrogen and oxygen atoms in total. The Morgan fingerprint density at radius 2 is 0.653 bits per heavy atom. The Hall–Kier alpha value is -8.04. The minimum absolute atomic E-state index is 0.0155. The number of aryl methyl sites for hydroxylation is 3. The number of carbonyl (C=O) groups is 2. The van der Waals surface area contributed by atoms with Gasteiger partial charge in [0, 0.05) is 74.1 Å². The van der Waals surface area contributed by atoms with Gasteiger partial charge in [0.15, 0.2) is 34.8 Å². The molecule has 3 aromatic carbocycles. The minimum atomic E-state index is -1.18. The average molecular weight is 1670 g/mol. The van der Waals surface area contributed by atoms with Crippen LogP contribution >= 0.6 is 45.3 Å². The van der Waals surface area contributed by atoms with E-state index >= 15 is 27.2 Å². The number of hydrogen-bond acceptors (Lipinski definition) is 12. The summed E-state index contributed by atoms with van der Waals surface area (Å²) in [4.78, 5) is 33.5. The zero-order chi connectivity index (χ0) is 83.4. The van der Waals surface area contributed by atoms with E-state index in [2.05, 4.69) is 50.7 Å². The molecule has 118 heavy (non-hydrogen) atoms. The minimum Gasteiger partial charge on any atom is -0.337 e. The Kier molecular flexibility index (Phi) is 32.9. The molecular formula is C99H121F4N9O2S4. The van der Waals surface area contributed by atoms with E-state index in [4.69, 9.17) is 10.2 Å². The van der Waals surface area contributed by atoms with Crippen molar-refractivity contribution in [1.29, 1.82) is 21.0 Å². The molecule has 10 aromatic rings. The van der Waals surface area contributed by atoms with E-state index in [0.717, 1.165) is 284 Å². The summed E-state index contributed by atoms with van der Waals surface area (Å²) < 4.78 is 73.8. The van der Waals surface area contributed by atoms with Crippen LogP contribution in [0.4, 0.5) is 17.6 Å². The average Bonchev–Trinajstić information content (AvgIpc) is 1.50. The summed E-state index contributed by atoms with van der Waals surface area (Å²) in [5.41, 5.74) is 7.60. The number of Topliss-reactive ketones (excluding diaryl/α,β-unsaturated/α-hetero) is 2. The maximum Gasteiger partial charge on any atom is 0.194 e. The van der Waals surface area contributed by atoms with Gasteiger partial charge in [-0.1, -0.05) is 273 Å². The third-order valence-electron chi connectivity index (χ3n) is 25.1. The monoisotopic (exact) mass is 1670 g/mol. The van der Waals surface area contributed by atoms with Crippen LogP contribution in [0.2, 0.25) is 0 Å². The number of allylic oxidation sites excluding steroid dienone is 6. The highest BCUT2D eigenvalue weighted by atomic mass is 32.1. The lowest BCUT2D eigenvalue weighted by Crippen LogP contribution is -2.14. The summed E-state index contributed by atoms with van der Waals surface area (Å²) in [5.74, 6) is -5.26. The third kappa shape index (κ3) is 19.8. The van der Waals surface area contributed by atoms with Crippen LogP contribution in [0.5, 0.6) is 0 Å². The molecule has 2 aliphatic rings. The first-order valence-electron chi connectivity index (χ1n) is 45.4. The van der Waals surface area contributed by atoms with Crippen LogP contribution in [0.15, 0.2) is 46.6 Å². The molecule has 0 bridgehead atoms. The Balaban J connectivity index is 1.18. The summed E-state index contributed by atoms with van der Waals surface area (Å²) >= 11 is 6.82. The lowest BCUT2D eigenvalue weighted by molar-refractivity contribution is 0.103. The van der Waals surface area contributed by atoms with Gasteiger partial charge < -0.3 is 9.13 Å². The van der Waals surface area contributed by atoms with Crippen molar-refractivity contribution in [2.45, 2.75) is 337 Å². The molecule has 7 aromatic heterocycles. The molecule has 19 heteroatoms. The SMILES string of the molecule is CCCCCCCCCCCc1c(C=C2C(=O)c3cc(F)c(F)cc3C2=C(C#N)C#N)sc2c1sc1c3c4nn(C)nc4c4c5sc6c(CCCCCCCCCCC)c(C=C7C(=O)c8cc(F)c(F)cc8C7=C(C#N)C#N)sc6c5n(CC(CCCCCC)CCCCCCCC)c4c3n(CC(CCCCCC)CCCCCCCC)c21. The second-order valence-corrected chi connectivity index (χ2v) is 38.0. The molecule has 12 rings (SSSR count). The Labute approximate surface area is 712 Å². The van der Waals surface area contributed by atoms with Crippen molar-refractivity contribution in [3.05, 3.63) is 113 Å². The number of ketones is 2. The summed E-state index contributed by atoms with van der Waals surface area (Å²) in [6, 6.07) is 11.8. The largest absolute Gasteiger partial charge is 0.337 e. The van der Waals surface area contributed by atoms with E-state index in [-0.39, 0.29) is 67.5 Å². The van der Waals surface area contributed by atoms with Crippen molar-refractivity contribution in [3.63, 3.8) is 0 Å². The molecule has 7 heterocycles. The summed E-state index contributed by atoms with van der Waals surface area (Å²) in [6.07, 6.45) is 52.8. The summed E-state index contributed by atoms with van der Waals surface area (Å²) in [5, 5.41) is 55.7. The topological polar surface area (TPSA) is 170 Å². The molecule has 2 atom stereocenters. The van der Waals surface area contributed by atoms with Crippen LogP contribution in [-0.4, -0.2) is 35.7 Å². The number of thiophene rings is 4. The highest BCUT2D eigenvalue weighted by Crippen LogP contribution is 2.57. The predicted molar refractivity (Wildman–Crippen MR) is 487 cm³/mol. The number of nitrogens with zero attached hydrogens (tertiary/aromatic N) is 9. The van der Waals surface area contributed by atoms with Gasteiger partial charge in [0.05, 0.1) is 50.3 Å². The van der Waals surface area contributed by atoms with E-state index in [0.29, 0.717) is 12.8 Å². The maximum atomic E-state index is 15.5. The number of fused-ring (bicyclic) bond motifs is 16. The van der Waals surface area contributed by atoms with Gasteiger partial charge in [0.25, 0.3) is 0 Å². The second-order valence-electron chi connectivity index (χ2n) is 33.9. The predicted octanol–water partition coefficient (Wildman–Crippen LogP) is 31.3. The Morgan fingerprint density at radius 1 is 0.373 bits per heavy atom. The van der Waals surface area contributed by atoms with E-state index in [1.807, 2.05) is 43.5 Å². The van der Waals surface area contributed by atoms with E-state index in [1.165, 1.54) is 116 Å². The first kappa shape index (κ1) is 89.2. The number of hydrogen-bond donors (Lipinski definition) is 0. The van der Waals surface area contributed by atoms with Crippen LogP contribution in [0.25, 0.3) is 95.4 Å². The van der Waals surface area contributed by atoms with Crippen molar-refractivity contribution in [2.24, 2.45) is 18.9 Å². The zero-order valence-electron chi connectivity index (χ0n) is 71.1. The zero-order valence-corrected chi connectivity index (χ0v) is 74.4. The van der Waals surface area contributed by atoms with Crippen molar-refractivity contribution in [2.75, 3.05) is 0 Å². The van der Waals surface area contributed by atoms with Crippen molar-refractivity contribution in [3.8, 4) is 24.3 Å². The van der Waals surface area contributed by atoms with Gasteiger partial charge in [-0.2, -0.15) is 36.0 Å². The number of benzene rings is 3. The van der Waals surface area contributed by atoms with Crippen molar-refractivity contribution >= 4 is 152 Å². The van der Waals surface area contributed by atoms with Crippen molar-refractivity contribution < 1.29 is 27.2 Å². The molecule has 0 spiro atoms. The fraction of sp³-hybridized carbons (Fsp3) is 0.556. The van der Waals surface area contributed by atoms with Crippen LogP contribution < -0.4 is 0 Å². The first-order valence-corrected chi connectivity index (χ1v) is 48.6. The summed E-state index contributed by atoms with van der Waals surface area (Å²) in [7, 11) is 1.93. The molecule has 0 fully saturated rings. The highest BCUT2D eigenvalue weighted by Gasteiger charge is 2.39. The van der Waals surface area contributed by atoms with Gasteiger partial charge in [-0.05, 0) is 122 Å².